The summed E-state index contributed by atoms with van der Waals surface area (Å²) in [6.45, 7) is 2.90. The molecule has 8 heteroatoms. The first-order valence-electron chi connectivity index (χ1n) is 5.10. The van der Waals surface area contributed by atoms with Crippen LogP contribution in [0.2, 0.25) is 0 Å². The van der Waals surface area contributed by atoms with Crippen molar-refractivity contribution < 1.29 is 0 Å². The van der Waals surface area contributed by atoms with E-state index in [1.165, 1.54) is 0 Å². The first-order chi connectivity index (χ1) is 7.77. The van der Waals surface area contributed by atoms with Crippen LogP contribution in [0.3, 0.4) is 0 Å². The predicted molar refractivity (Wildman–Crippen MR) is 105 cm³/mol. The summed E-state index contributed by atoms with van der Waals surface area (Å²) < 4.78 is 0. The van der Waals surface area contributed by atoms with E-state index in [-0.39, 0.29) is 48.0 Å². The molecule has 0 saturated heterocycles. The van der Waals surface area contributed by atoms with Gasteiger partial charge in [-0.1, -0.05) is 11.8 Å². The van der Waals surface area contributed by atoms with Crippen molar-refractivity contribution in [3.63, 3.8) is 0 Å². The van der Waals surface area contributed by atoms with Crippen LogP contribution in [-0.2, 0) is 5.75 Å². The van der Waals surface area contributed by atoms with Gasteiger partial charge in [-0.3, -0.25) is 4.99 Å². The first-order valence-corrected chi connectivity index (χ1v) is 7.48. The third kappa shape index (κ3) is 8.10. The second kappa shape index (κ2) is 12.9. The number of hydrogen-bond donors (Lipinski definition) is 2. The summed E-state index contributed by atoms with van der Waals surface area (Å²) in [5.74, 6) is 1.98. The van der Waals surface area contributed by atoms with Crippen LogP contribution in [0.4, 0.5) is 0 Å². The Morgan fingerprint density at radius 2 is 2.22 bits per heavy atom. The number of aliphatic imine (C=N–C) groups is 1. The highest BCUT2D eigenvalue weighted by Gasteiger charge is 2.00. The van der Waals surface area contributed by atoms with Crippen molar-refractivity contribution >= 4 is 76.6 Å². The van der Waals surface area contributed by atoms with Gasteiger partial charge in [0.2, 0.25) is 0 Å². The Kier molecular flexibility index (Phi) is 15.1. The normalized spacial score (nSPS) is 10.5. The highest BCUT2D eigenvalue weighted by atomic mass is 127. The van der Waals surface area contributed by atoms with E-state index in [9.17, 15) is 0 Å². The van der Waals surface area contributed by atoms with Gasteiger partial charge in [0.25, 0.3) is 0 Å². The van der Waals surface area contributed by atoms with Crippen LogP contribution >= 0.6 is 71.5 Å². The van der Waals surface area contributed by atoms with E-state index in [1.54, 1.807) is 18.1 Å². The molecule has 0 radical (unpaired) electrons. The standard InChI is InChI=1S/C10H18N4S2.2HI/c1-8-9(14-7-13-8)6-16-5-4-12-10(11-2)15-3;;/h7H,4-6H2,1-3H3,(H,11,12)(H,13,14);2*1H. The van der Waals surface area contributed by atoms with Crippen LogP contribution in [0.15, 0.2) is 11.3 Å². The number of nitrogens with one attached hydrogen (secondary N) is 2. The fraction of sp³-hybridized carbons (Fsp3) is 0.600. The van der Waals surface area contributed by atoms with Crippen molar-refractivity contribution in [3.8, 4) is 0 Å². The van der Waals surface area contributed by atoms with Gasteiger partial charge in [0, 0.05) is 24.2 Å². The van der Waals surface area contributed by atoms with Crippen LogP contribution < -0.4 is 5.32 Å². The Morgan fingerprint density at radius 3 is 2.72 bits per heavy atom. The Morgan fingerprint density at radius 1 is 1.50 bits per heavy atom. The molecule has 1 rings (SSSR count). The molecule has 0 saturated carbocycles. The number of amidine groups is 1. The quantitative estimate of drug-likeness (QED) is 0.275. The van der Waals surface area contributed by atoms with Crippen molar-refractivity contribution in [2.45, 2.75) is 12.7 Å². The molecule has 0 amide bonds. The van der Waals surface area contributed by atoms with Gasteiger partial charge in [-0.15, -0.1) is 48.0 Å². The van der Waals surface area contributed by atoms with Crippen molar-refractivity contribution in [1.29, 1.82) is 0 Å². The number of H-pyrrole nitrogens is 1. The maximum Gasteiger partial charge on any atom is 0.156 e. The number of aromatic amines is 1. The third-order valence-corrected chi connectivity index (χ3v) is 3.74. The maximum absolute atomic E-state index is 4.42. The molecule has 0 aliphatic heterocycles. The van der Waals surface area contributed by atoms with Gasteiger partial charge in [-0.25, -0.2) is 4.98 Å². The third-order valence-electron chi connectivity index (χ3n) is 2.07. The predicted octanol–water partition coefficient (Wildman–Crippen LogP) is 3.13. The molecule has 0 aromatic carbocycles. The van der Waals surface area contributed by atoms with E-state index in [4.69, 9.17) is 0 Å². The van der Waals surface area contributed by atoms with Gasteiger partial charge in [-0.05, 0) is 13.2 Å². The second-order valence-electron chi connectivity index (χ2n) is 3.17. The van der Waals surface area contributed by atoms with Crippen LogP contribution in [0.5, 0.6) is 0 Å². The summed E-state index contributed by atoms with van der Waals surface area (Å²) >= 11 is 3.50. The van der Waals surface area contributed by atoms with Gasteiger partial charge >= 0.3 is 0 Å². The van der Waals surface area contributed by atoms with Crippen LogP contribution in [0.25, 0.3) is 0 Å². The highest BCUT2D eigenvalue weighted by Crippen LogP contribution is 2.12. The summed E-state index contributed by atoms with van der Waals surface area (Å²) in [4.78, 5) is 11.8. The van der Waals surface area contributed by atoms with Gasteiger partial charge in [0.05, 0.1) is 18.6 Å². The molecule has 0 unspecified atom stereocenters. The second-order valence-corrected chi connectivity index (χ2v) is 5.07. The largest absolute Gasteiger partial charge is 0.368 e. The number of imidazole rings is 1. The molecule has 2 N–H and O–H groups in total. The zero-order chi connectivity index (χ0) is 11.8. The lowest BCUT2D eigenvalue weighted by Crippen LogP contribution is -2.14. The van der Waals surface area contributed by atoms with E-state index in [2.05, 4.69) is 20.3 Å². The molecule has 0 atom stereocenters. The van der Waals surface area contributed by atoms with Crippen LogP contribution in [-0.4, -0.2) is 40.7 Å². The number of thioether (sulfide) groups is 2. The molecule has 106 valence electrons. The fourth-order valence-corrected chi connectivity index (χ4v) is 2.43. The number of aromatic nitrogens is 2. The lowest BCUT2D eigenvalue weighted by molar-refractivity contribution is 1.09. The summed E-state index contributed by atoms with van der Waals surface area (Å²) in [6.07, 6.45) is 3.77. The van der Waals surface area contributed by atoms with Crippen molar-refractivity contribution in [2.24, 2.45) is 4.99 Å². The summed E-state index contributed by atoms with van der Waals surface area (Å²) in [5.41, 5.74) is 2.31. The molecular formula is C10H20I2N4S2. The molecule has 0 bridgehead atoms. The molecular weight excluding hydrogens is 494 g/mol. The zero-order valence-corrected chi connectivity index (χ0v) is 17.0. The minimum absolute atomic E-state index is 0. The molecule has 0 spiro atoms. The van der Waals surface area contributed by atoms with E-state index >= 15 is 0 Å². The van der Waals surface area contributed by atoms with Crippen molar-refractivity contribution in [3.05, 3.63) is 17.7 Å². The molecule has 0 aliphatic rings. The number of halogens is 2. The SMILES string of the molecule is CNC(=NCCSCc1nc[nH]c1C)SC.I.I. The summed E-state index contributed by atoms with van der Waals surface area (Å²) in [5, 5.41) is 4.05. The number of hydrogen-bond acceptors (Lipinski definition) is 4. The molecule has 0 fully saturated rings. The molecule has 0 aliphatic carbocycles. The number of aryl methyl sites for hydroxylation is 1. The average Bonchev–Trinajstić information content (AvgIpc) is 2.70. The number of nitrogens with zero attached hydrogens (tertiary/aromatic N) is 2. The molecule has 1 aromatic rings. The van der Waals surface area contributed by atoms with Crippen molar-refractivity contribution in [2.75, 3.05) is 25.6 Å². The smallest absolute Gasteiger partial charge is 0.156 e. The van der Waals surface area contributed by atoms with Gasteiger partial charge in [0.15, 0.2) is 5.17 Å². The monoisotopic (exact) mass is 514 g/mol. The topological polar surface area (TPSA) is 53.1 Å². The van der Waals surface area contributed by atoms with E-state index in [0.29, 0.717) is 0 Å². The summed E-state index contributed by atoms with van der Waals surface area (Å²) in [7, 11) is 1.90. The lowest BCUT2D eigenvalue weighted by Gasteiger charge is -2.01. The first kappa shape index (κ1) is 21.1. The lowest BCUT2D eigenvalue weighted by atomic mass is 10.4. The highest BCUT2D eigenvalue weighted by molar-refractivity contribution is 14.0. The van der Waals surface area contributed by atoms with Gasteiger partial charge in [-0.2, -0.15) is 11.8 Å². The Hall–Kier alpha value is 0.840. The molecule has 18 heavy (non-hydrogen) atoms. The molecule has 1 heterocycles. The minimum Gasteiger partial charge on any atom is -0.368 e. The fourth-order valence-electron chi connectivity index (χ4n) is 1.16. The minimum atomic E-state index is 0. The van der Waals surface area contributed by atoms with E-state index in [1.807, 2.05) is 32.0 Å². The van der Waals surface area contributed by atoms with Crippen molar-refractivity contribution in [1.82, 2.24) is 15.3 Å². The molecule has 4 nitrogen and oxygen atoms in total. The van der Waals surface area contributed by atoms with Gasteiger partial charge < -0.3 is 10.3 Å². The Labute approximate surface area is 151 Å². The number of rotatable bonds is 5. The molecule has 1 aromatic heterocycles. The summed E-state index contributed by atoms with van der Waals surface area (Å²) in [6, 6.07) is 0. The maximum atomic E-state index is 4.42. The van der Waals surface area contributed by atoms with E-state index < -0.39 is 0 Å². The zero-order valence-electron chi connectivity index (χ0n) is 10.7. The Balaban J connectivity index is 0. The van der Waals surface area contributed by atoms with Crippen LogP contribution in [0.1, 0.15) is 11.4 Å². The average molecular weight is 514 g/mol. The Bertz CT molecular complexity index is 338. The van der Waals surface area contributed by atoms with Crippen LogP contribution in [0, 0.1) is 6.92 Å². The van der Waals surface area contributed by atoms with Gasteiger partial charge in [0.1, 0.15) is 0 Å². The van der Waals surface area contributed by atoms with E-state index in [0.717, 1.165) is 34.6 Å².